The first-order valence-corrected chi connectivity index (χ1v) is 25.1. The van der Waals surface area contributed by atoms with Gasteiger partial charge in [-0.05, 0) is 86.5 Å². The number of aliphatic hydroxyl groups is 1. The Morgan fingerprint density at radius 1 is 0.557 bits per heavy atom. The number of nitrogens with one attached hydrogen (secondary N) is 6. The van der Waals surface area contributed by atoms with Gasteiger partial charge in [-0.25, -0.2) is 0 Å². The molecule has 0 unspecified atom stereocenters. The van der Waals surface area contributed by atoms with Gasteiger partial charge in [-0.1, -0.05) is 112 Å². The van der Waals surface area contributed by atoms with E-state index in [0.29, 0.717) is 85.5 Å². The maximum Gasteiger partial charge on any atom is 0.255 e. The number of nitrogens with zero attached hydrogens (tertiary/aromatic N) is 4. The number of morpholine rings is 1. The molecule has 10 rings (SSSR count). The Hall–Kier alpha value is -4.31. The predicted octanol–water partition coefficient (Wildman–Crippen LogP) is 7.00. The molecule has 6 aromatic heterocycles. The molecular weight excluding hydrogens is 1370 g/mol. The van der Waals surface area contributed by atoms with Crippen molar-refractivity contribution in [2.45, 2.75) is 32.8 Å². The third-order valence-electron chi connectivity index (χ3n) is 11.6. The van der Waals surface area contributed by atoms with Crippen LogP contribution in [0.1, 0.15) is 59.2 Å². The van der Waals surface area contributed by atoms with Crippen LogP contribution in [0.5, 0.6) is 0 Å². The number of carbonyl (C=O) groups is 3. The maximum absolute atomic E-state index is 12.9. The third kappa shape index (κ3) is 18.1. The molecule has 79 heavy (non-hydrogen) atoms. The number of aromatic nitrogens is 6. The standard InChI is InChI=1S/C21H20ClN4O3.C17H13ClN3O3.C16H10BrClN3O2.3Y/c22-15-3-1-14(2-4-15)10-25-21(28)18-11-24-19-12-23-16(9-17(19)20(18)27)13-26-5-7-29-8-6-26;18-11-3-1-10(2-4-11)6-21-17(24)14-7-20-15-8-19-12(9-22)5-13(15)16(14)23;17-14-5-11-13(8-20-14)19-7-12(15(11)22)16(23)21-6-9-1-3-10(18)4-2-9;;;/h1-4,9,11H,5-8,10,13H2,(H,24,27)(H,25,28);1-5,7,22H,6,9H2,(H,20,23)(H,21,24);1-5,7H,6H2,(H,19,22)(H,21,23);;;/q3*-1;;;. The molecule has 3 amide bonds. The molecule has 0 aliphatic carbocycles. The van der Waals surface area contributed by atoms with E-state index in [0.717, 1.165) is 35.5 Å². The van der Waals surface area contributed by atoms with E-state index in [2.05, 4.69) is 85.3 Å². The van der Waals surface area contributed by atoms with E-state index >= 15 is 0 Å². The van der Waals surface area contributed by atoms with Crippen molar-refractivity contribution in [3.8, 4) is 0 Å². The minimum atomic E-state index is -0.490. The van der Waals surface area contributed by atoms with E-state index in [-0.39, 0.29) is 144 Å². The Morgan fingerprint density at radius 3 is 1.28 bits per heavy atom. The fourth-order valence-corrected chi connectivity index (χ4v) is 8.23. The van der Waals surface area contributed by atoms with E-state index in [4.69, 9.17) is 44.6 Å². The first-order valence-electron chi connectivity index (χ1n) is 23.2. The van der Waals surface area contributed by atoms with Gasteiger partial charge in [-0.2, -0.15) is 0 Å². The summed E-state index contributed by atoms with van der Waals surface area (Å²) in [6, 6.07) is 26.0. The number of hydrogen-bond acceptors (Lipinski definition) is 12. The number of carbonyl (C=O) groups excluding carboxylic acids is 3. The fourth-order valence-electron chi connectivity index (χ4n) is 7.54. The summed E-state index contributed by atoms with van der Waals surface area (Å²) in [5, 5.41) is 20.2. The van der Waals surface area contributed by atoms with Crippen molar-refractivity contribution < 1.29 is 122 Å². The molecular formula is C54H43BrCl3N10O8Y3-3. The van der Waals surface area contributed by atoms with Gasteiger partial charge in [0.05, 0.1) is 29.9 Å². The molecule has 0 saturated carbocycles. The Bertz CT molecular complexity index is 3760. The third-order valence-corrected chi connectivity index (χ3v) is 12.8. The summed E-state index contributed by atoms with van der Waals surface area (Å²) in [7, 11) is 0. The maximum atomic E-state index is 12.9. The number of rotatable bonds is 12. The average molecular weight is 1410 g/mol. The molecule has 1 aliphatic heterocycles. The number of fused-ring (bicyclic) bond motifs is 3. The number of halogens is 4. The van der Waals surface area contributed by atoms with E-state index < -0.39 is 23.2 Å². The van der Waals surface area contributed by atoms with Gasteiger partial charge in [0.2, 0.25) is 0 Å². The molecule has 0 bridgehead atoms. The summed E-state index contributed by atoms with van der Waals surface area (Å²) in [6.45, 7) is 4.22. The van der Waals surface area contributed by atoms with Crippen LogP contribution in [0.25, 0.3) is 32.7 Å². The van der Waals surface area contributed by atoms with Crippen LogP contribution in [0.2, 0.25) is 15.1 Å². The number of hydrogen-bond donors (Lipinski definition) is 7. The van der Waals surface area contributed by atoms with Crippen LogP contribution in [0.3, 0.4) is 0 Å². The van der Waals surface area contributed by atoms with Crippen molar-refractivity contribution in [3.63, 3.8) is 0 Å². The Morgan fingerprint density at radius 2 is 0.899 bits per heavy atom. The molecule has 1 aliphatic rings. The second-order valence-electron chi connectivity index (χ2n) is 16.8. The van der Waals surface area contributed by atoms with Gasteiger partial charge in [-0.3, -0.25) is 14.4 Å². The van der Waals surface area contributed by atoms with E-state index in [9.17, 15) is 28.8 Å². The van der Waals surface area contributed by atoms with Gasteiger partial charge in [0, 0.05) is 171 Å². The minimum Gasteiger partial charge on any atom is -0.403 e. The zero-order valence-corrected chi connectivity index (χ0v) is 54.0. The van der Waals surface area contributed by atoms with Crippen molar-refractivity contribution >= 4 is 101 Å². The Balaban J connectivity index is 0.000000216. The van der Waals surface area contributed by atoms with Crippen LogP contribution in [-0.2, 0) is 136 Å². The number of aliphatic hydroxyl groups excluding tert-OH is 1. The van der Waals surface area contributed by atoms with Crippen LogP contribution >= 0.6 is 50.7 Å². The van der Waals surface area contributed by atoms with Gasteiger partial charge < -0.3 is 75.0 Å². The molecule has 7 heterocycles. The predicted molar refractivity (Wildman–Crippen MR) is 291 cm³/mol. The molecule has 397 valence electrons. The topological polar surface area (TPSA) is 257 Å². The van der Waals surface area contributed by atoms with Crippen LogP contribution in [0.4, 0.5) is 0 Å². The average Bonchev–Trinajstić information content (AvgIpc) is 3.50. The van der Waals surface area contributed by atoms with Crippen LogP contribution in [0, 0.1) is 18.6 Å². The van der Waals surface area contributed by atoms with Gasteiger partial charge in [0.15, 0.2) is 0 Å². The number of pyridine rings is 6. The van der Waals surface area contributed by atoms with Gasteiger partial charge in [0.1, 0.15) is 16.3 Å². The van der Waals surface area contributed by atoms with Crippen molar-refractivity contribution in [3.05, 3.63) is 223 Å². The monoisotopic (exact) mass is 1410 g/mol. The molecule has 3 aromatic carbocycles. The Kier molecular flexibility index (Phi) is 26.4. The molecule has 9 aromatic rings. The summed E-state index contributed by atoms with van der Waals surface area (Å²) in [5.74, 6) is -1.37. The van der Waals surface area contributed by atoms with Gasteiger partial charge in [-0.15, -0.1) is 34.1 Å². The molecule has 0 atom stereocenters. The van der Waals surface area contributed by atoms with E-state index in [1.807, 2.05) is 24.3 Å². The van der Waals surface area contributed by atoms with Crippen molar-refractivity contribution in [2.75, 3.05) is 26.3 Å². The molecule has 25 heteroatoms. The Labute approximate surface area is 550 Å². The van der Waals surface area contributed by atoms with Crippen molar-refractivity contribution in [1.82, 2.24) is 50.8 Å². The second kappa shape index (κ2) is 31.8. The number of amides is 3. The molecule has 1 saturated heterocycles. The summed E-state index contributed by atoms with van der Waals surface area (Å²) >= 11 is 20.7. The fraction of sp³-hybridized carbons (Fsp3) is 0.167. The molecule has 7 N–H and O–H groups in total. The van der Waals surface area contributed by atoms with Crippen LogP contribution < -0.4 is 32.2 Å². The number of benzene rings is 3. The zero-order valence-electron chi connectivity index (χ0n) is 41.6. The summed E-state index contributed by atoms with van der Waals surface area (Å²) < 4.78 is 5.83. The van der Waals surface area contributed by atoms with Crippen molar-refractivity contribution in [2.24, 2.45) is 0 Å². The largest absolute Gasteiger partial charge is 0.403 e. The summed E-state index contributed by atoms with van der Waals surface area (Å²) in [4.78, 5) is 97.8. The molecule has 3 radical (unpaired) electrons. The normalized spacial score (nSPS) is 11.8. The van der Waals surface area contributed by atoms with Crippen molar-refractivity contribution in [1.29, 1.82) is 0 Å². The molecule has 1 fully saturated rings. The summed E-state index contributed by atoms with van der Waals surface area (Å²) in [5.41, 5.74) is 3.95. The minimum absolute atomic E-state index is 0. The summed E-state index contributed by atoms with van der Waals surface area (Å²) in [6.07, 6.45) is 12.3. The number of H-pyrrole nitrogens is 3. The number of ether oxygens (including phenoxy) is 1. The molecule has 18 nitrogen and oxygen atoms in total. The van der Waals surface area contributed by atoms with Gasteiger partial charge in [0.25, 0.3) is 17.7 Å². The SMILES string of the molecule is O=C(NCc1ccc(Cl)cc1)c1c[nH]c2[c-]nc(Br)cc2c1=O.O=C(NCc1ccc(Cl)cc1)c1c[nH]c2[c-]nc(CN3CCOCC3)cc2c1=O.O=C(NCc1ccc(Cl)cc1)c1c[nH]c2[c-]nc(CO)cc2c1=O.[Y].[Y].[Y]. The number of aromatic amines is 3. The van der Waals surface area contributed by atoms with Gasteiger partial charge >= 0.3 is 0 Å². The van der Waals surface area contributed by atoms with E-state index in [1.165, 1.54) is 24.7 Å². The zero-order chi connectivity index (χ0) is 53.7. The molecule has 0 spiro atoms. The first kappa shape index (κ1) is 65.5. The van der Waals surface area contributed by atoms with Crippen LogP contribution in [-0.4, -0.2) is 83.9 Å². The second-order valence-corrected chi connectivity index (χ2v) is 19.0. The smallest absolute Gasteiger partial charge is 0.255 e. The first-order chi connectivity index (χ1) is 36.7. The van der Waals surface area contributed by atoms with E-state index in [1.54, 1.807) is 60.7 Å². The van der Waals surface area contributed by atoms with Crippen LogP contribution in [0.15, 0.2) is 129 Å². The quantitative estimate of drug-likeness (QED) is 0.0482.